The molecule has 88 valence electrons. The van der Waals surface area contributed by atoms with Crippen LogP contribution >= 0.6 is 11.6 Å². The molecule has 1 aliphatic carbocycles. The molecule has 1 aromatic carbocycles. The molecule has 3 heteroatoms. The van der Waals surface area contributed by atoms with Gasteiger partial charge in [0.2, 0.25) is 0 Å². The van der Waals surface area contributed by atoms with E-state index in [-0.39, 0.29) is 0 Å². The van der Waals surface area contributed by atoms with Crippen LogP contribution in [0.2, 0.25) is 5.02 Å². The molecule has 0 aromatic heterocycles. The minimum Gasteiger partial charge on any atom is -0.378 e. The van der Waals surface area contributed by atoms with Crippen molar-refractivity contribution < 1.29 is 4.79 Å². The van der Waals surface area contributed by atoms with E-state index in [1.165, 1.54) is 5.70 Å². The van der Waals surface area contributed by atoms with Gasteiger partial charge in [0.05, 0.1) is 0 Å². The zero-order valence-electron chi connectivity index (χ0n) is 9.90. The predicted octanol–water partition coefficient (Wildman–Crippen LogP) is 3.39. The number of rotatable bonds is 3. The smallest absolute Gasteiger partial charge is 0.150 e. The van der Waals surface area contributed by atoms with Crippen molar-refractivity contribution >= 4 is 23.5 Å². The molecule has 2 rings (SSSR count). The van der Waals surface area contributed by atoms with Crippen molar-refractivity contribution in [2.24, 2.45) is 0 Å². The third kappa shape index (κ3) is 2.42. The van der Waals surface area contributed by atoms with E-state index in [2.05, 4.69) is 17.1 Å². The van der Waals surface area contributed by atoms with Crippen LogP contribution in [0.15, 0.2) is 36.0 Å². The molecule has 17 heavy (non-hydrogen) atoms. The summed E-state index contributed by atoms with van der Waals surface area (Å²) in [6.07, 6.45) is 5.97. The van der Waals surface area contributed by atoms with Crippen molar-refractivity contribution in [3.8, 4) is 0 Å². The van der Waals surface area contributed by atoms with E-state index in [4.69, 9.17) is 11.6 Å². The van der Waals surface area contributed by atoms with Crippen molar-refractivity contribution in [3.05, 3.63) is 52.2 Å². The highest BCUT2D eigenvalue weighted by atomic mass is 35.5. The van der Waals surface area contributed by atoms with Gasteiger partial charge in [-0.05, 0) is 35.8 Å². The third-order valence-electron chi connectivity index (χ3n) is 2.86. The molecular formula is C14H14ClNO. The second-order valence-electron chi connectivity index (χ2n) is 4.25. The highest BCUT2D eigenvalue weighted by Gasteiger charge is 2.13. The summed E-state index contributed by atoms with van der Waals surface area (Å²) < 4.78 is 0. The molecule has 0 saturated heterocycles. The fourth-order valence-corrected chi connectivity index (χ4v) is 2.11. The Balaban J connectivity index is 2.37. The summed E-state index contributed by atoms with van der Waals surface area (Å²) in [5, 5.41) is 0.593. The maximum Gasteiger partial charge on any atom is 0.150 e. The highest BCUT2D eigenvalue weighted by molar-refractivity contribution is 6.30. The van der Waals surface area contributed by atoms with Crippen molar-refractivity contribution in [2.45, 2.75) is 6.42 Å². The molecule has 0 aliphatic heterocycles. The molecule has 2 nitrogen and oxygen atoms in total. The maximum atomic E-state index is 11.0. The van der Waals surface area contributed by atoms with Gasteiger partial charge in [0.25, 0.3) is 0 Å². The SMILES string of the molecule is CN(C)C1=CCC(c2ccc(Cl)cc2C=O)=C1. The van der Waals surface area contributed by atoms with Crippen LogP contribution in [0, 0.1) is 0 Å². The van der Waals surface area contributed by atoms with Gasteiger partial charge in [-0.2, -0.15) is 0 Å². The van der Waals surface area contributed by atoms with Crippen LogP contribution in [-0.4, -0.2) is 25.3 Å². The Bertz CT molecular complexity index is 515. The van der Waals surface area contributed by atoms with Crippen LogP contribution in [0.25, 0.3) is 5.57 Å². The highest BCUT2D eigenvalue weighted by Crippen LogP contribution is 2.30. The normalized spacial score (nSPS) is 14.3. The van der Waals surface area contributed by atoms with Gasteiger partial charge < -0.3 is 4.90 Å². The number of hydrogen-bond donors (Lipinski definition) is 0. The summed E-state index contributed by atoms with van der Waals surface area (Å²) in [4.78, 5) is 13.1. The van der Waals surface area contributed by atoms with Gasteiger partial charge in [-0.15, -0.1) is 0 Å². The lowest BCUT2D eigenvalue weighted by Gasteiger charge is -2.11. The Hall–Kier alpha value is -1.54. The van der Waals surface area contributed by atoms with Crippen LogP contribution in [0.1, 0.15) is 22.3 Å². The Labute approximate surface area is 106 Å². The summed E-state index contributed by atoms with van der Waals surface area (Å²) >= 11 is 5.88. The number of likely N-dealkylation sites (N-methyl/N-ethyl adjacent to an activating group) is 1. The largest absolute Gasteiger partial charge is 0.378 e. The summed E-state index contributed by atoms with van der Waals surface area (Å²) in [7, 11) is 4.02. The molecule has 0 N–H and O–H groups in total. The maximum absolute atomic E-state index is 11.0. The summed E-state index contributed by atoms with van der Waals surface area (Å²) in [6.45, 7) is 0. The quantitative estimate of drug-likeness (QED) is 0.764. The van der Waals surface area contributed by atoms with E-state index in [1.54, 1.807) is 6.07 Å². The van der Waals surface area contributed by atoms with Crippen LogP contribution in [0.4, 0.5) is 0 Å². The second kappa shape index (κ2) is 4.76. The Morgan fingerprint density at radius 1 is 1.35 bits per heavy atom. The van der Waals surface area contributed by atoms with Crippen molar-refractivity contribution in [1.82, 2.24) is 4.90 Å². The first-order valence-electron chi connectivity index (χ1n) is 5.45. The fourth-order valence-electron chi connectivity index (χ4n) is 1.93. The molecule has 0 bridgehead atoms. The number of aldehydes is 1. The minimum atomic E-state index is 0.593. The average molecular weight is 248 g/mol. The van der Waals surface area contributed by atoms with Gasteiger partial charge in [0.1, 0.15) is 0 Å². The lowest BCUT2D eigenvalue weighted by atomic mass is 10.00. The zero-order valence-corrected chi connectivity index (χ0v) is 10.7. The number of carbonyl (C=O) groups excluding carboxylic acids is 1. The van der Waals surface area contributed by atoms with Crippen LogP contribution < -0.4 is 0 Å². The lowest BCUT2D eigenvalue weighted by Crippen LogP contribution is -2.07. The van der Waals surface area contributed by atoms with Crippen molar-refractivity contribution in [1.29, 1.82) is 0 Å². The van der Waals surface area contributed by atoms with Crippen LogP contribution in [-0.2, 0) is 0 Å². The van der Waals surface area contributed by atoms with E-state index < -0.39 is 0 Å². The molecule has 0 atom stereocenters. The van der Waals surface area contributed by atoms with Crippen molar-refractivity contribution in [2.75, 3.05) is 14.1 Å². The lowest BCUT2D eigenvalue weighted by molar-refractivity contribution is 0.112. The summed E-state index contributed by atoms with van der Waals surface area (Å²) in [5.74, 6) is 0. The Morgan fingerprint density at radius 3 is 2.71 bits per heavy atom. The van der Waals surface area contributed by atoms with E-state index in [9.17, 15) is 4.79 Å². The van der Waals surface area contributed by atoms with Crippen molar-refractivity contribution in [3.63, 3.8) is 0 Å². The predicted molar refractivity (Wildman–Crippen MR) is 71.2 cm³/mol. The molecular weight excluding hydrogens is 234 g/mol. The first kappa shape index (κ1) is 11.9. The minimum absolute atomic E-state index is 0.593. The Morgan fingerprint density at radius 2 is 2.12 bits per heavy atom. The summed E-state index contributed by atoms with van der Waals surface area (Å²) in [5.41, 5.74) is 3.95. The molecule has 0 heterocycles. The molecule has 1 aromatic rings. The first-order chi connectivity index (χ1) is 8.11. The number of carbonyl (C=O) groups is 1. The molecule has 0 radical (unpaired) electrons. The van der Waals surface area contributed by atoms with E-state index in [0.29, 0.717) is 10.6 Å². The molecule has 0 amide bonds. The molecule has 0 fully saturated rings. The second-order valence-corrected chi connectivity index (χ2v) is 4.68. The van der Waals surface area contributed by atoms with E-state index in [0.717, 1.165) is 23.8 Å². The molecule has 0 unspecified atom stereocenters. The van der Waals surface area contributed by atoms with E-state index in [1.807, 2.05) is 26.2 Å². The third-order valence-corrected chi connectivity index (χ3v) is 3.09. The number of halogens is 1. The van der Waals surface area contributed by atoms with Crippen LogP contribution in [0.3, 0.4) is 0 Å². The number of benzene rings is 1. The number of hydrogen-bond acceptors (Lipinski definition) is 2. The average Bonchev–Trinajstić information content (AvgIpc) is 2.78. The Kier molecular flexibility index (Phi) is 3.34. The molecule has 0 saturated carbocycles. The number of allylic oxidation sites excluding steroid dienone is 3. The molecule has 1 aliphatic rings. The standard InChI is InChI=1S/C14H14ClNO/c1-16(2)13-5-3-10(8-13)14-6-4-12(15)7-11(14)9-17/h4-9H,3H2,1-2H3. The van der Waals surface area contributed by atoms with Gasteiger partial charge >= 0.3 is 0 Å². The summed E-state index contributed by atoms with van der Waals surface area (Å²) in [6, 6.07) is 5.43. The fraction of sp³-hybridized carbons (Fsp3) is 0.214. The van der Waals surface area contributed by atoms with Crippen LogP contribution in [0.5, 0.6) is 0 Å². The number of nitrogens with zero attached hydrogens (tertiary/aromatic N) is 1. The zero-order chi connectivity index (χ0) is 12.4. The first-order valence-corrected chi connectivity index (χ1v) is 5.83. The van der Waals surface area contributed by atoms with Gasteiger partial charge in [-0.1, -0.05) is 23.7 Å². The van der Waals surface area contributed by atoms with Gasteiger partial charge in [0.15, 0.2) is 6.29 Å². The van der Waals surface area contributed by atoms with Gasteiger partial charge in [0, 0.05) is 30.4 Å². The van der Waals surface area contributed by atoms with Gasteiger partial charge in [-0.3, -0.25) is 4.79 Å². The van der Waals surface area contributed by atoms with Gasteiger partial charge in [-0.25, -0.2) is 0 Å². The topological polar surface area (TPSA) is 20.3 Å². The monoisotopic (exact) mass is 247 g/mol. The van der Waals surface area contributed by atoms with E-state index >= 15 is 0 Å². The molecule has 0 spiro atoms.